The molecule has 0 aromatic heterocycles. The van der Waals surface area contributed by atoms with E-state index < -0.39 is 5.97 Å². The third-order valence-corrected chi connectivity index (χ3v) is 3.34. The summed E-state index contributed by atoms with van der Waals surface area (Å²) in [4.78, 5) is 10.3. The molecule has 0 atom stereocenters. The minimum Gasteiger partial charge on any atom is -0.481 e. The molecule has 0 aliphatic rings. The molecule has 1 radical (unpaired) electrons. The second-order valence-electron chi connectivity index (χ2n) is 5.37. The van der Waals surface area contributed by atoms with Gasteiger partial charge in [-0.1, -0.05) is 63.3 Å². The van der Waals surface area contributed by atoms with Crippen LogP contribution in [0.3, 0.4) is 0 Å². The number of hydrogen-bond acceptors (Lipinski definition) is 1. The van der Waals surface area contributed by atoms with Crippen molar-refractivity contribution in [2.45, 2.75) is 84.0 Å². The van der Waals surface area contributed by atoms with Crippen LogP contribution in [0.15, 0.2) is 24.3 Å². The number of aliphatic carboxylic acids is 1. The Morgan fingerprint density at radius 1 is 0.810 bits per heavy atom. The molecule has 0 unspecified atom stereocenters. The molecule has 3 heteroatoms. The molecular weight excluding hydrogens is 445 g/mol. The molecule has 0 fully saturated rings. The maximum atomic E-state index is 10.3. The van der Waals surface area contributed by atoms with Gasteiger partial charge < -0.3 is 5.11 Å². The number of hydrogen-bond donors (Lipinski definition) is 1. The van der Waals surface area contributed by atoms with Gasteiger partial charge in [-0.15, -0.1) is 0 Å². The van der Waals surface area contributed by atoms with E-state index in [4.69, 9.17) is 5.11 Å². The summed E-state index contributed by atoms with van der Waals surface area (Å²) >= 11 is 0. The average molecular weight is 477 g/mol. The molecule has 0 aromatic rings. The van der Waals surface area contributed by atoms with Crippen molar-refractivity contribution in [2.24, 2.45) is 0 Å². The summed E-state index contributed by atoms with van der Waals surface area (Å²) in [6.07, 6.45) is 22.3. The first-order valence-electron chi connectivity index (χ1n) is 8.29. The first kappa shape index (κ1) is 23.0. The van der Waals surface area contributed by atoms with Gasteiger partial charge in [-0.05, 0) is 38.5 Å². The van der Waals surface area contributed by atoms with Crippen molar-refractivity contribution < 1.29 is 32.3 Å². The van der Waals surface area contributed by atoms with Gasteiger partial charge in [0, 0.05) is 28.8 Å². The number of rotatable bonds is 14. The van der Waals surface area contributed by atoms with Crippen LogP contribution in [-0.2, 0) is 27.2 Å². The third-order valence-electron chi connectivity index (χ3n) is 3.34. The second-order valence-corrected chi connectivity index (χ2v) is 5.37. The molecule has 0 amide bonds. The Balaban J connectivity index is 0. The summed E-state index contributed by atoms with van der Waals surface area (Å²) in [5.41, 5.74) is 0. The van der Waals surface area contributed by atoms with Crippen molar-refractivity contribution in [2.75, 3.05) is 0 Å². The Labute approximate surface area is 146 Å². The Bertz CT molecular complexity index is 272. The molecule has 0 rings (SSSR count). The minimum absolute atomic E-state index is 0. The number of carboxylic acids is 1. The van der Waals surface area contributed by atoms with Gasteiger partial charge in [0.15, 0.2) is 0 Å². The van der Waals surface area contributed by atoms with Crippen LogP contribution in [0.5, 0.6) is 0 Å². The van der Waals surface area contributed by atoms with E-state index in [0.717, 1.165) is 25.7 Å². The van der Waals surface area contributed by atoms with E-state index in [1.54, 1.807) is 0 Å². The third kappa shape index (κ3) is 22.1. The Hall–Kier alpha value is -0.310. The van der Waals surface area contributed by atoms with Crippen LogP contribution in [0.1, 0.15) is 84.0 Å². The molecule has 2 nitrogen and oxygen atoms in total. The molecule has 0 spiro atoms. The first-order chi connectivity index (χ1) is 9.77. The van der Waals surface area contributed by atoms with E-state index in [-0.39, 0.29) is 22.4 Å². The standard InChI is InChI=1S/C18H32O2.Au/c1-2-3-4-5-6-7-8-9-10-11-12-13-14-15-16-17-18(19)20;/h6-7,9-10H,2-5,8,11-17H2,1H3,(H,19,20);/b7-6-,10-9-;. The number of carbonyl (C=O) groups is 1. The molecule has 0 bridgehead atoms. The molecule has 0 aliphatic carbocycles. The normalized spacial score (nSPS) is 11.1. The van der Waals surface area contributed by atoms with Crippen LogP contribution in [0, 0.1) is 0 Å². The molecule has 1 N–H and O–H groups in total. The molecule has 0 saturated carbocycles. The van der Waals surface area contributed by atoms with Gasteiger partial charge in [-0.2, -0.15) is 0 Å². The fourth-order valence-corrected chi connectivity index (χ4v) is 2.09. The number of carboxylic acid groups (broad SMARTS) is 1. The summed E-state index contributed by atoms with van der Waals surface area (Å²) < 4.78 is 0. The predicted molar refractivity (Wildman–Crippen MR) is 87.0 cm³/mol. The SMILES string of the molecule is CCCCC/C=C\C/C=C\CCCCCCCC(=O)O.[Au]. The molecule has 0 saturated heterocycles. The zero-order chi connectivity index (χ0) is 14.9. The molecule has 0 aromatic carbocycles. The van der Waals surface area contributed by atoms with Crippen molar-refractivity contribution in [3.63, 3.8) is 0 Å². The van der Waals surface area contributed by atoms with Crippen LogP contribution in [0.4, 0.5) is 0 Å². The van der Waals surface area contributed by atoms with Crippen LogP contribution < -0.4 is 0 Å². The molecule has 127 valence electrons. The monoisotopic (exact) mass is 477 g/mol. The quantitative estimate of drug-likeness (QED) is 0.193. The summed E-state index contributed by atoms with van der Waals surface area (Å²) in [5.74, 6) is -0.671. The predicted octanol–water partition coefficient (Wildman–Crippen LogP) is 5.88. The van der Waals surface area contributed by atoms with Crippen molar-refractivity contribution in [1.82, 2.24) is 0 Å². The summed E-state index contributed by atoms with van der Waals surface area (Å²) in [6.45, 7) is 2.23. The van der Waals surface area contributed by atoms with E-state index in [0.29, 0.717) is 6.42 Å². The van der Waals surface area contributed by atoms with Gasteiger partial charge >= 0.3 is 5.97 Å². The number of allylic oxidation sites excluding steroid dienone is 4. The Morgan fingerprint density at radius 2 is 1.33 bits per heavy atom. The zero-order valence-electron chi connectivity index (χ0n) is 13.5. The Kier molecular flexibility index (Phi) is 21.5. The van der Waals surface area contributed by atoms with E-state index in [9.17, 15) is 4.79 Å². The van der Waals surface area contributed by atoms with E-state index in [1.165, 1.54) is 44.9 Å². The van der Waals surface area contributed by atoms with Crippen LogP contribution in [0.25, 0.3) is 0 Å². The topological polar surface area (TPSA) is 37.3 Å². The van der Waals surface area contributed by atoms with Gasteiger partial charge in [0.05, 0.1) is 0 Å². The van der Waals surface area contributed by atoms with Crippen LogP contribution in [0.2, 0.25) is 0 Å². The van der Waals surface area contributed by atoms with Gasteiger partial charge in [-0.3, -0.25) is 4.79 Å². The fraction of sp³-hybridized carbons (Fsp3) is 0.722. The molecular formula is C18H32AuO2. The van der Waals surface area contributed by atoms with Crippen LogP contribution in [-0.4, -0.2) is 11.1 Å². The fourth-order valence-electron chi connectivity index (χ4n) is 2.09. The minimum atomic E-state index is -0.671. The Morgan fingerprint density at radius 3 is 1.90 bits per heavy atom. The van der Waals surface area contributed by atoms with Crippen LogP contribution >= 0.6 is 0 Å². The van der Waals surface area contributed by atoms with Gasteiger partial charge in [-0.25, -0.2) is 0 Å². The zero-order valence-corrected chi connectivity index (χ0v) is 15.6. The first-order valence-corrected chi connectivity index (χ1v) is 8.29. The van der Waals surface area contributed by atoms with E-state index >= 15 is 0 Å². The van der Waals surface area contributed by atoms with Crippen molar-refractivity contribution >= 4 is 5.97 Å². The van der Waals surface area contributed by atoms with E-state index in [1.807, 2.05) is 0 Å². The second kappa shape index (κ2) is 19.7. The molecule has 0 heterocycles. The summed E-state index contributed by atoms with van der Waals surface area (Å²) in [6, 6.07) is 0. The van der Waals surface area contributed by atoms with Gasteiger partial charge in [0.2, 0.25) is 0 Å². The molecule has 0 aliphatic heterocycles. The van der Waals surface area contributed by atoms with Crippen molar-refractivity contribution in [1.29, 1.82) is 0 Å². The summed E-state index contributed by atoms with van der Waals surface area (Å²) in [5, 5.41) is 8.50. The number of unbranched alkanes of at least 4 members (excludes halogenated alkanes) is 8. The van der Waals surface area contributed by atoms with Gasteiger partial charge in [0.1, 0.15) is 0 Å². The van der Waals surface area contributed by atoms with Crippen molar-refractivity contribution in [3.05, 3.63) is 24.3 Å². The average Bonchev–Trinajstić information content (AvgIpc) is 2.43. The maximum Gasteiger partial charge on any atom is 0.303 e. The smallest absolute Gasteiger partial charge is 0.303 e. The molecule has 21 heavy (non-hydrogen) atoms. The summed E-state index contributed by atoms with van der Waals surface area (Å²) in [7, 11) is 0. The van der Waals surface area contributed by atoms with E-state index in [2.05, 4.69) is 31.2 Å². The van der Waals surface area contributed by atoms with Crippen molar-refractivity contribution in [3.8, 4) is 0 Å². The maximum absolute atomic E-state index is 10.3. The van der Waals surface area contributed by atoms with Gasteiger partial charge in [0.25, 0.3) is 0 Å². The largest absolute Gasteiger partial charge is 0.481 e.